The first-order valence-electron chi connectivity index (χ1n) is 7.60. The number of nitrogens with zero attached hydrogens (tertiary/aromatic N) is 1. The smallest absolute Gasteiger partial charge is 0.339 e. The highest BCUT2D eigenvalue weighted by Crippen LogP contribution is 2.25. The summed E-state index contributed by atoms with van der Waals surface area (Å²) in [6.45, 7) is 2.02. The minimum Gasteiger partial charge on any atom is -0.379 e. The topological polar surface area (TPSA) is 67.2 Å². The van der Waals surface area contributed by atoms with Gasteiger partial charge in [0.05, 0.1) is 11.6 Å². The van der Waals surface area contributed by atoms with Gasteiger partial charge in [-0.05, 0) is 48.4 Å². The Labute approximate surface area is 147 Å². The van der Waals surface area contributed by atoms with Crippen molar-refractivity contribution in [1.29, 1.82) is 5.26 Å². The van der Waals surface area contributed by atoms with E-state index in [1.54, 1.807) is 24.3 Å². The van der Waals surface area contributed by atoms with Gasteiger partial charge in [-0.2, -0.15) is 13.7 Å². The fourth-order valence-corrected chi connectivity index (χ4v) is 3.32. The maximum absolute atomic E-state index is 12.3. The summed E-state index contributed by atoms with van der Waals surface area (Å²) < 4.78 is 29.8. The van der Waals surface area contributed by atoms with Crippen molar-refractivity contribution in [3.05, 3.63) is 83.9 Å². The van der Waals surface area contributed by atoms with Gasteiger partial charge in [0.1, 0.15) is 10.6 Å². The molecule has 0 amide bonds. The van der Waals surface area contributed by atoms with E-state index in [1.807, 2.05) is 37.3 Å². The molecule has 3 rings (SSSR count). The number of aryl methyl sites for hydroxylation is 1. The highest BCUT2D eigenvalue weighted by Gasteiger charge is 2.17. The molecule has 0 aliphatic rings. The predicted octanol–water partition coefficient (Wildman–Crippen LogP) is 4.30. The summed E-state index contributed by atoms with van der Waals surface area (Å²) >= 11 is 0. The normalized spacial score (nSPS) is 10.9. The quantitative estimate of drug-likeness (QED) is 0.659. The summed E-state index contributed by atoms with van der Waals surface area (Å²) in [6, 6.07) is 22.5. The predicted molar refractivity (Wildman–Crippen MR) is 95.6 cm³/mol. The first-order chi connectivity index (χ1) is 12.0. The van der Waals surface area contributed by atoms with Crippen LogP contribution in [-0.4, -0.2) is 8.42 Å². The molecule has 0 fully saturated rings. The summed E-state index contributed by atoms with van der Waals surface area (Å²) in [7, 11) is -3.98. The van der Waals surface area contributed by atoms with Crippen LogP contribution in [0.2, 0.25) is 0 Å². The molecule has 25 heavy (non-hydrogen) atoms. The molecule has 3 aromatic carbocycles. The minimum atomic E-state index is -3.98. The molecule has 0 spiro atoms. The molecule has 124 valence electrons. The maximum atomic E-state index is 12.3. The van der Waals surface area contributed by atoms with Gasteiger partial charge in [0, 0.05) is 0 Å². The number of hydrogen-bond donors (Lipinski definition) is 0. The second-order valence-electron chi connectivity index (χ2n) is 5.57. The molecule has 0 saturated heterocycles. The zero-order valence-corrected chi connectivity index (χ0v) is 14.3. The van der Waals surface area contributed by atoms with Gasteiger partial charge in [-0.15, -0.1) is 0 Å². The molecule has 0 aliphatic carbocycles. The third-order valence-corrected chi connectivity index (χ3v) is 4.94. The summed E-state index contributed by atoms with van der Waals surface area (Å²) in [5, 5.41) is 8.89. The van der Waals surface area contributed by atoms with Crippen LogP contribution in [0.1, 0.15) is 11.1 Å². The molecule has 3 aromatic rings. The van der Waals surface area contributed by atoms with Crippen molar-refractivity contribution in [2.24, 2.45) is 0 Å². The molecule has 0 unspecified atom stereocenters. The van der Waals surface area contributed by atoms with Gasteiger partial charge in [0.25, 0.3) is 0 Å². The Hall–Kier alpha value is -3.10. The highest BCUT2D eigenvalue weighted by atomic mass is 32.2. The van der Waals surface area contributed by atoms with E-state index in [4.69, 9.17) is 9.44 Å². The van der Waals surface area contributed by atoms with E-state index in [9.17, 15) is 8.42 Å². The molecule has 4 nitrogen and oxygen atoms in total. The fourth-order valence-electron chi connectivity index (χ4n) is 2.34. The lowest BCUT2D eigenvalue weighted by Crippen LogP contribution is -2.09. The molecule has 0 atom stereocenters. The lowest BCUT2D eigenvalue weighted by Gasteiger charge is -2.08. The van der Waals surface area contributed by atoms with Crippen LogP contribution in [0, 0.1) is 18.3 Å². The molecule has 5 heteroatoms. The van der Waals surface area contributed by atoms with Crippen molar-refractivity contribution in [2.75, 3.05) is 0 Å². The number of rotatable bonds is 4. The molecule has 0 N–H and O–H groups in total. The third kappa shape index (κ3) is 3.87. The highest BCUT2D eigenvalue weighted by molar-refractivity contribution is 7.87. The van der Waals surface area contributed by atoms with Crippen molar-refractivity contribution in [2.45, 2.75) is 11.8 Å². The van der Waals surface area contributed by atoms with Gasteiger partial charge < -0.3 is 4.18 Å². The Balaban J connectivity index is 1.83. The van der Waals surface area contributed by atoms with E-state index in [0.717, 1.165) is 11.1 Å². The molecule has 0 radical (unpaired) electrons. The molecule has 0 aliphatic heterocycles. The average molecular weight is 349 g/mol. The molecule has 0 bridgehead atoms. The van der Waals surface area contributed by atoms with E-state index in [-0.39, 0.29) is 16.2 Å². The standard InChI is InChI=1S/C20H15NO3S/c1-15-5-7-17(8-6-15)18-9-11-19(12-10-18)24-25(22,23)20-4-2-3-16(13-20)14-21/h2-13H,1H3. The number of nitriles is 1. The summed E-state index contributed by atoms with van der Waals surface area (Å²) in [5.41, 5.74) is 3.45. The van der Waals surface area contributed by atoms with Crippen LogP contribution in [0.4, 0.5) is 0 Å². The molecular formula is C20H15NO3S. The van der Waals surface area contributed by atoms with E-state index < -0.39 is 10.1 Å². The van der Waals surface area contributed by atoms with Crippen LogP contribution < -0.4 is 4.18 Å². The van der Waals surface area contributed by atoms with E-state index >= 15 is 0 Å². The summed E-state index contributed by atoms with van der Waals surface area (Å²) in [5.74, 6) is 0.221. The van der Waals surface area contributed by atoms with Crippen molar-refractivity contribution >= 4 is 10.1 Å². The first kappa shape index (κ1) is 16.7. The largest absolute Gasteiger partial charge is 0.379 e. The Morgan fingerprint density at radius 1 is 0.880 bits per heavy atom. The molecule has 0 saturated carbocycles. The van der Waals surface area contributed by atoms with Crippen LogP contribution in [0.25, 0.3) is 11.1 Å². The Morgan fingerprint density at radius 2 is 1.48 bits per heavy atom. The van der Waals surface area contributed by atoms with Gasteiger partial charge in [-0.25, -0.2) is 0 Å². The Bertz CT molecular complexity index is 1030. The third-order valence-electron chi connectivity index (χ3n) is 3.70. The van der Waals surface area contributed by atoms with Crippen LogP contribution >= 0.6 is 0 Å². The van der Waals surface area contributed by atoms with Crippen molar-refractivity contribution in [3.8, 4) is 22.9 Å². The monoisotopic (exact) mass is 349 g/mol. The van der Waals surface area contributed by atoms with Gasteiger partial charge in [0.15, 0.2) is 0 Å². The van der Waals surface area contributed by atoms with Crippen molar-refractivity contribution in [1.82, 2.24) is 0 Å². The molecular weight excluding hydrogens is 334 g/mol. The first-order valence-corrected chi connectivity index (χ1v) is 9.00. The van der Waals surface area contributed by atoms with Crippen LogP contribution in [0.3, 0.4) is 0 Å². The van der Waals surface area contributed by atoms with E-state index in [2.05, 4.69) is 0 Å². The van der Waals surface area contributed by atoms with Crippen LogP contribution in [0.5, 0.6) is 5.75 Å². The second kappa shape index (κ2) is 6.80. The van der Waals surface area contributed by atoms with Gasteiger partial charge in [0.2, 0.25) is 0 Å². The van der Waals surface area contributed by atoms with Crippen molar-refractivity contribution in [3.63, 3.8) is 0 Å². The van der Waals surface area contributed by atoms with Gasteiger partial charge >= 0.3 is 10.1 Å². The second-order valence-corrected chi connectivity index (χ2v) is 7.11. The van der Waals surface area contributed by atoms with Crippen LogP contribution in [-0.2, 0) is 10.1 Å². The zero-order chi connectivity index (χ0) is 17.9. The molecule has 0 aromatic heterocycles. The average Bonchev–Trinajstić information content (AvgIpc) is 2.63. The van der Waals surface area contributed by atoms with Crippen LogP contribution in [0.15, 0.2) is 77.7 Å². The summed E-state index contributed by atoms with van der Waals surface area (Å²) in [6.07, 6.45) is 0. The Kier molecular flexibility index (Phi) is 4.55. The SMILES string of the molecule is Cc1ccc(-c2ccc(OS(=O)(=O)c3cccc(C#N)c3)cc2)cc1. The Morgan fingerprint density at radius 3 is 2.08 bits per heavy atom. The lowest BCUT2D eigenvalue weighted by molar-refractivity contribution is 0.486. The fraction of sp³-hybridized carbons (Fsp3) is 0.0500. The maximum Gasteiger partial charge on any atom is 0.339 e. The van der Waals surface area contributed by atoms with E-state index in [1.165, 1.54) is 29.8 Å². The summed E-state index contributed by atoms with van der Waals surface area (Å²) in [4.78, 5) is -0.0471. The van der Waals surface area contributed by atoms with Gasteiger partial charge in [-0.1, -0.05) is 48.0 Å². The van der Waals surface area contributed by atoms with E-state index in [0.29, 0.717) is 0 Å². The zero-order valence-electron chi connectivity index (χ0n) is 13.5. The number of hydrogen-bond acceptors (Lipinski definition) is 4. The number of benzene rings is 3. The molecule has 0 heterocycles. The minimum absolute atomic E-state index is 0.0471. The van der Waals surface area contributed by atoms with Crippen molar-refractivity contribution < 1.29 is 12.6 Å². The van der Waals surface area contributed by atoms with Gasteiger partial charge in [-0.3, -0.25) is 0 Å². The lowest BCUT2D eigenvalue weighted by atomic mass is 10.0.